The fraction of sp³-hybridized carbons (Fsp3) is 0.667. The predicted octanol–water partition coefficient (Wildman–Crippen LogP) is 1.54. The molecule has 1 aliphatic carbocycles. The van der Waals surface area contributed by atoms with Gasteiger partial charge in [-0.2, -0.15) is 0 Å². The highest BCUT2D eigenvalue weighted by molar-refractivity contribution is 5.21. The van der Waals surface area contributed by atoms with Crippen molar-refractivity contribution in [1.82, 2.24) is 10.2 Å². The summed E-state index contributed by atoms with van der Waals surface area (Å²) in [5.41, 5.74) is 1.11. The lowest BCUT2D eigenvalue weighted by atomic mass is 9.88. The predicted molar refractivity (Wildman–Crippen MR) is 87.6 cm³/mol. The van der Waals surface area contributed by atoms with Crippen LogP contribution < -0.4 is 5.32 Å². The van der Waals surface area contributed by atoms with Crippen LogP contribution in [0.15, 0.2) is 30.3 Å². The van der Waals surface area contributed by atoms with Crippen LogP contribution in [-0.4, -0.2) is 53.5 Å². The van der Waals surface area contributed by atoms with E-state index in [2.05, 4.69) is 22.3 Å². The molecule has 1 aromatic carbocycles. The third kappa shape index (κ3) is 3.51. The SMILES string of the molecule is OC(C1CCCC1)C(O)C(c1ccccc1)N1CCNCC1. The van der Waals surface area contributed by atoms with Gasteiger partial charge in [0.2, 0.25) is 0 Å². The highest BCUT2D eigenvalue weighted by Gasteiger charge is 2.37. The Morgan fingerprint density at radius 3 is 2.27 bits per heavy atom. The third-order valence-electron chi connectivity index (χ3n) is 5.24. The summed E-state index contributed by atoms with van der Waals surface area (Å²) in [6.07, 6.45) is 3.10. The lowest BCUT2D eigenvalue weighted by Gasteiger charge is -2.40. The molecule has 1 aromatic rings. The van der Waals surface area contributed by atoms with Crippen molar-refractivity contribution in [3.05, 3.63) is 35.9 Å². The summed E-state index contributed by atoms with van der Waals surface area (Å²) in [4.78, 5) is 2.31. The van der Waals surface area contributed by atoms with Gasteiger partial charge in [-0.1, -0.05) is 43.2 Å². The first kappa shape index (κ1) is 15.9. The van der Waals surface area contributed by atoms with Crippen molar-refractivity contribution in [2.75, 3.05) is 26.2 Å². The quantitative estimate of drug-likeness (QED) is 0.772. The van der Waals surface area contributed by atoms with Crippen LogP contribution in [-0.2, 0) is 0 Å². The van der Waals surface area contributed by atoms with Gasteiger partial charge >= 0.3 is 0 Å². The zero-order chi connectivity index (χ0) is 15.4. The van der Waals surface area contributed by atoms with Crippen molar-refractivity contribution >= 4 is 0 Å². The molecular weight excluding hydrogens is 276 g/mol. The first-order valence-electron chi connectivity index (χ1n) is 8.63. The zero-order valence-electron chi connectivity index (χ0n) is 13.2. The van der Waals surface area contributed by atoms with Gasteiger partial charge in [-0.15, -0.1) is 0 Å². The molecule has 3 unspecified atom stereocenters. The van der Waals surface area contributed by atoms with Crippen LogP contribution in [0.1, 0.15) is 37.3 Å². The summed E-state index contributed by atoms with van der Waals surface area (Å²) in [7, 11) is 0. The maximum atomic E-state index is 10.9. The summed E-state index contributed by atoms with van der Waals surface area (Å²) in [6, 6.07) is 10.0. The topological polar surface area (TPSA) is 55.7 Å². The van der Waals surface area contributed by atoms with Crippen molar-refractivity contribution < 1.29 is 10.2 Å². The maximum Gasteiger partial charge on any atom is 0.0998 e. The third-order valence-corrected chi connectivity index (χ3v) is 5.24. The molecule has 122 valence electrons. The molecule has 3 N–H and O–H groups in total. The second kappa shape index (κ2) is 7.55. The van der Waals surface area contributed by atoms with Crippen LogP contribution in [0.2, 0.25) is 0 Å². The van der Waals surface area contributed by atoms with Crippen molar-refractivity contribution in [2.45, 2.75) is 43.9 Å². The maximum absolute atomic E-state index is 10.9. The molecule has 1 aliphatic heterocycles. The molecule has 3 atom stereocenters. The number of hydrogen-bond donors (Lipinski definition) is 3. The summed E-state index contributed by atoms with van der Waals surface area (Å²) in [5.74, 6) is 0.254. The van der Waals surface area contributed by atoms with E-state index in [0.29, 0.717) is 0 Å². The zero-order valence-corrected chi connectivity index (χ0v) is 13.2. The molecular formula is C18H28N2O2. The Balaban J connectivity index is 1.80. The minimum Gasteiger partial charge on any atom is -0.390 e. The lowest BCUT2D eigenvalue weighted by Crippen LogP contribution is -2.51. The van der Waals surface area contributed by atoms with E-state index in [-0.39, 0.29) is 12.0 Å². The van der Waals surface area contributed by atoms with E-state index in [4.69, 9.17) is 0 Å². The Morgan fingerprint density at radius 1 is 1.00 bits per heavy atom. The number of piperazine rings is 1. The Hall–Kier alpha value is -0.940. The number of nitrogens with one attached hydrogen (secondary N) is 1. The van der Waals surface area contributed by atoms with E-state index in [1.54, 1.807) is 0 Å². The number of rotatable bonds is 5. The molecule has 2 fully saturated rings. The Morgan fingerprint density at radius 2 is 1.64 bits per heavy atom. The number of nitrogens with zero attached hydrogens (tertiary/aromatic N) is 1. The summed E-state index contributed by atoms with van der Waals surface area (Å²) in [5, 5.41) is 25.0. The van der Waals surface area contributed by atoms with Gasteiger partial charge in [-0.3, -0.25) is 4.90 Å². The van der Waals surface area contributed by atoms with Crippen LogP contribution in [0.3, 0.4) is 0 Å². The number of aliphatic hydroxyl groups is 2. The molecule has 4 heteroatoms. The second-order valence-corrected chi connectivity index (χ2v) is 6.67. The largest absolute Gasteiger partial charge is 0.390 e. The molecule has 3 rings (SSSR count). The van der Waals surface area contributed by atoms with Crippen LogP contribution in [0, 0.1) is 5.92 Å². The Kier molecular flexibility index (Phi) is 5.47. The first-order valence-corrected chi connectivity index (χ1v) is 8.63. The van der Waals surface area contributed by atoms with E-state index in [9.17, 15) is 10.2 Å². The smallest absolute Gasteiger partial charge is 0.0998 e. The van der Waals surface area contributed by atoms with E-state index in [1.807, 2.05) is 18.2 Å². The highest BCUT2D eigenvalue weighted by atomic mass is 16.3. The molecule has 22 heavy (non-hydrogen) atoms. The fourth-order valence-electron chi connectivity index (χ4n) is 4.00. The fourth-order valence-corrected chi connectivity index (χ4v) is 4.00. The number of aliphatic hydroxyl groups excluding tert-OH is 2. The molecule has 0 amide bonds. The molecule has 0 spiro atoms. The normalized spacial score (nSPS) is 25.0. The molecule has 4 nitrogen and oxygen atoms in total. The van der Waals surface area contributed by atoms with Gasteiger partial charge in [-0.25, -0.2) is 0 Å². The number of benzene rings is 1. The molecule has 0 bridgehead atoms. The average molecular weight is 304 g/mol. The van der Waals surface area contributed by atoms with Crippen molar-refractivity contribution in [3.8, 4) is 0 Å². The van der Waals surface area contributed by atoms with Gasteiger partial charge in [0.05, 0.1) is 18.2 Å². The van der Waals surface area contributed by atoms with Crippen molar-refractivity contribution in [3.63, 3.8) is 0 Å². The van der Waals surface area contributed by atoms with Gasteiger partial charge in [0.25, 0.3) is 0 Å². The van der Waals surface area contributed by atoms with Gasteiger partial charge in [0.15, 0.2) is 0 Å². The van der Waals surface area contributed by atoms with Crippen LogP contribution >= 0.6 is 0 Å². The second-order valence-electron chi connectivity index (χ2n) is 6.67. The van der Waals surface area contributed by atoms with E-state index >= 15 is 0 Å². The van der Waals surface area contributed by atoms with Gasteiger partial charge in [0, 0.05) is 26.2 Å². The molecule has 0 radical (unpaired) electrons. The minimum atomic E-state index is -0.719. The molecule has 0 aromatic heterocycles. The summed E-state index contributed by atoms with van der Waals surface area (Å²) >= 11 is 0. The summed E-state index contributed by atoms with van der Waals surface area (Å²) in [6.45, 7) is 3.70. The minimum absolute atomic E-state index is 0.112. The molecule has 1 saturated carbocycles. The van der Waals surface area contributed by atoms with Crippen LogP contribution in [0.4, 0.5) is 0 Å². The van der Waals surface area contributed by atoms with Gasteiger partial charge in [0.1, 0.15) is 0 Å². The summed E-state index contributed by atoms with van der Waals surface area (Å²) < 4.78 is 0. The molecule has 1 heterocycles. The van der Waals surface area contributed by atoms with Gasteiger partial charge in [-0.05, 0) is 24.3 Å². The van der Waals surface area contributed by atoms with Crippen LogP contribution in [0.5, 0.6) is 0 Å². The Labute approximate surface area is 133 Å². The monoisotopic (exact) mass is 304 g/mol. The van der Waals surface area contributed by atoms with Crippen molar-refractivity contribution in [1.29, 1.82) is 0 Å². The van der Waals surface area contributed by atoms with Gasteiger partial charge < -0.3 is 15.5 Å². The average Bonchev–Trinajstić information content (AvgIpc) is 3.11. The van der Waals surface area contributed by atoms with E-state index < -0.39 is 12.2 Å². The lowest BCUT2D eigenvalue weighted by molar-refractivity contribution is -0.0658. The van der Waals surface area contributed by atoms with E-state index in [1.165, 1.54) is 12.8 Å². The molecule has 2 aliphatic rings. The Bertz CT molecular complexity index is 442. The van der Waals surface area contributed by atoms with E-state index in [0.717, 1.165) is 44.6 Å². The van der Waals surface area contributed by atoms with Crippen LogP contribution in [0.25, 0.3) is 0 Å². The number of hydrogen-bond acceptors (Lipinski definition) is 4. The standard InChI is InChI=1S/C18H28N2O2/c21-17(15-8-4-5-9-15)18(22)16(14-6-2-1-3-7-14)20-12-10-19-11-13-20/h1-3,6-7,15-19,21-22H,4-5,8-13H2. The van der Waals surface area contributed by atoms with Crippen molar-refractivity contribution in [2.24, 2.45) is 5.92 Å². The highest BCUT2D eigenvalue weighted by Crippen LogP contribution is 2.34. The molecule has 1 saturated heterocycles. The first-order chi connectivity index (χ1) is 10.8.